The topological polar surface area (TPSA) is 73.0 Å². The van der Waals surface area contributed by atoms with Gasteiger partial charge in [0.25, 0.3) is 0 Å². The zero-order valence-electron chi connectivity index (χ0n) is 14.8. The zero-order valence-corrected chi connectivity index (χ0v) is 15.5. The molecule has 4 heterocycles. The average molecular weight is 376 g/mol. The minimum atomic E-state index is -0.423. The first-order valence-electron chi connectivity index (χ1n) is 9.10. The molecule has 7 nitrogen and oxygen atoms in total. The van der Waals surface area contributed by atoms with Crippen LogP contribution in [0, 0.1) is 5.92 Å². The Balaban J connectivity index is 1.62. The van der Waals surface area contributed by atoms with Crippen LogP contribution in [-0.4, -0.2) is 43.2 Å². The standard InChI is InChI=1S/C18H22ClN5O2/c1-12-7-8-22(10-12)17(25)14-3-2-4-16-21-23(18(26)24(14)16)11-13-5-6-15(19)20-9-13/h5-6,9,12,14H,2-4,7-8,10-11H2,1H3/t12-,14?/m0/s1. The molecule has 0 N–H and O–H groups in total. The van der Waals surface area contributed by atoms with Crippen LogP contribution in [0.3, 0.4) is 0 Å². The Morgan fingerprint density at radius 2 is 2.19 bits per heavy atom. The van der Waals surface area contributed by atoms with Gasteiger partial charge in [-0.15, -0.1) is 0 Å². The Morgan fingerprint density at radius 1 is 1.35 bits per heavy atom. The summed E-state index contributed by atoms with van der Waals surface area (Å²) in [7, 11) is 0. The largest absolute Gasteiger partial charge is 0.346 e. The van der Waals surface area contributed by atoms with Gasteiger partial charge in [0, 0.05) is 25.7 Å². The number of aryl methyl sites for hydroxylation is 1. The van der Waals surface area contributed by atoms with E-state index in [0.717, 1.165) is 37.9 Å². The summed E-state index contributed by atoms with van der Waals surface area (Å²) >= 11 is 5.81. The van der Waals surface area contributed by atoms with E-state index in [1.807, 2.05) is 11.0 Å². The van der Waals surface area contributed by atoms with Crippen LogP contribution in [0.5, 0.6) is 0 Å². The molecule has 1 fully saturated rings. The van der Waals surface area contributed by atoms with Crippen molar-refractivity contribution in [3.8, 4) is 0 Å². The molecule has 2 aliphatic heterocycles. The third kappa shape index (κ3) is 3.16. The molecule has 1 amide bonds. The summed E-state index contributed by atoms with van der Waals surface area (Å²) in [6.45, 7) is 4.05. The minimum absolute atomic E-state index is 0.0603. The van der Waals surface area contributed by atoms with Crippen molar-refractivity contribution in [2.24, 2.45) is 5.92 Å². The van der Waals surface area contributed by atoms with Gasteiger partial charge in [-0.25, -0.2) is 14.5 Å². The van der Waals surface area contributed by atoms with Gasteiger partial charge in [-0.05, 0) is 36.8 Å². The molecule has 0 saturated carbocycles. The fourth-order valence-electron chi connectivity index (χ4n) is 3.89. The number of likely N-dealkylation sites (tertiary alicyclic amines) is 1. The molecule has 1 saturated heterocycles. The molecule has 0 bridgehead atoms. The van der Waals surface area contributed by atoms with E-state index in [1.54, 1.807) is 16.8 Å². The molecule has 0 radical (unpaired) electrons. The monoisotopic (exact) mass is 375 g/mol. The van der Waals surface area contributed by atoms with Gasteiger partial charge in [0.15, 0.2) is 0 Å². The van der Waals surface area contributed by atoms with E-state index >= 15 is 0 Å². The van der Waals surface area contributed by atoms with Gasteiger partial charge in [-0.2, -0.15) is 5.10 Å². The lowest BCUT2D eigenvalue weighted by Gasteiger charge is -2.27. The predicted octanol–water partition coefficient (Wildman–Crippen LogP) is 1.89. The van der Waals surface area contributed by atoms with Crippen LogP contribution in [0.4, 0.5) is 0 Å². The number of hydrogen-bond acceptors (Lipinski definition) is 4. The van der Waals surface area contributed by atoms with E-state index in [2.05, 4.69) is 17.0 Å². The number of fused-ring (bicyclic) bond motifs is 1. The van der Waals surface area contributed by atoms with Crippen LogP contribution in [0.1, 0.15) is 43.6 Å². The lowest BCUT2D eigenvalue weighted by Crippen LogP contribution is -2.41. The van der Waals surface area contributed by atoms with Crippen LogP contribution in [0.2, 0.25) is 5.15 Å². The SMILES string of the molecule is C[C@H]1CCN(C(=O)C2CCCc3nn(Cc4ccc(Cl)nc4)c(=O)n32)C1. The molecular weight excluding hydrogens is 354 g/mol. The molecule has 4 rings (SSSR count). The third-order valence-corrected chi connectivity index (χ3v) is 5.50. The molecule has 2 atom stereocenters. The van der Waals surface area contributed by atoms with E-state index < -0.39 is 6.04 Å². The highest BCUT2D eigenvalue weighted by atomic mass is 35.5. The maximum Gasteiger partial charge on any atom is 0.346 e. The number of hydrogen-bond donors (Lipinski definition) is 0. The fourth-order valence-corrected chi connectivity index (χ4v) is 4.00. The van der Waals surface area contributed by atoms with Crippen molar-refractivity contribution in [2.45, 2.75) is 45.2 Å². The quantitative estimate of drug-likeness (QED) is 0.768. The van der Waals surface area contributed by atoms with Gasteiger partial charge in [0.1, 0.15) is 17.0 Å². The van der Waals surface area contributed by atoms with Gasteiger partial charge < -0.3 is 4.90 Å². The molecular formula is C18H22ClN5O2. The molecule has 0 spiro atoms. The number of rotatable bonds is 3. The van der Waals surface area contributed by atoms with E-state index in [9.17, 15) is 9.59 Å². The maximum absolute atomic E-state index is 13.0. The highest BCUT2D eigenvalue weighted by Gasteiger charge is 2.35. The van der Waals surface area contributed by atoms with Crippen molar-refractivity contribution in [1.29, 1.82) is 0 Å². The summed E-state index contributed by atoms with van der Waals surface area (Å²) in [5.74, 6) is 1.29. The van der Waals surface area contributed by atoms with Crippen molar-refractivity contribution in [3.05, 3.63) is 45.4 Å². The van der Waals surface area contributed by atoms with Crippen molar-refractivity contribution in [1.82, 2.24) is 24.2 Å². The molecule has 8 heteroatoms. The summed E-state index contributed by atoms with van der Waals surface area (Å²) in [6, 6.07) is 3.10. The van der Waals surface area contributed by atoms with Gasteiger partial charge in [0.05, 0.1) is 6.54 Å². The van der Waals surface area contributed by atoms with Crippen LogP contribution in [0.25, 0.3) is 0 Å². The Morgan fingerprint density at radius 3 is 2.88 bits per heavy atom. The second-order valence-electron chi connectivity index (χ2n) is 7.30. The van der Waals surface area contributed by atoms with E-state index in [-0.39, 0.29) is 11.6 Å². The highest BCUT2D eigenvalue weighted by Crippen LogP contribution is 2.26. The number of halogens is 1. The normalized spacial score (nSPS) is 22.5. The lowest BCUT2D eigenvalue weighted by molar-refractivity contribution is -0.134. The fraction of sp³-hybridized carbons (Fsp3) is 0.556. The van der Waals surface area contributed by atoms with Crippen molar-refractivity contribution < 1.29 is 4.79 Å². The number of carbonyl (C=O) groups excluding carboxylic acids is 1. The van der Waals surface area contributed by atoms with Crippen LogP contribution < -0.4 is 5.69 Å². The Labute approximate surface area is 156 Å². The van der Waals surface area contributed by atoms with E-state index in [1.165, 1.54) is 4.68 Å². The molecule has 2 aliphatic rings. The first-order chi connectivity index (χ1) is 12.5. The summed E-state index contributed by atoms with van der Waals surface area (Å²) in [5, 5.41) is 4.89. The average Bonchev–Trinajstić information content (AvgIpc) is 3.20. The molecule has 2 aromatic heterocycles. The Kier molecular flexibility index (Phi) is 4.56. The highest BCUT2D eigenvalue weighted by molar-refractivity contribution is 6.29. The number of pyridine rings is 1. The zero-order chi connectivity index (χ0) is 18.3. The van der Waals surface area contributed by atoms with E-state index in [4.69, 9.17) is 11.6 Å². The number of aromatic nitrogens is 4. The predicted molar refractivity (Wildman–Crippen MR) is 97.2 cm³/mol. The van der Waals surface area contributed by atoms with Crippen LogP contribution >= 0.6 is 11.6 Å². The Hall–Kier alpha value is -2.15. The smallest absolute Gasteiger partial charge is 0.341 e. The summed E-state index contributed by atoms with van der Waals surface area (Å²) in [6.07, 6.45) is 4.97. The first kappa shape index (κ1) is 17.3. The van der Waals surface area contributed by atoms with E-state index in [0.29, 0.717) is 29.9 Å². The third-order valence-electron chi connectivity index (χ3n) is 5.27. The molecule has 1 unspecified atom stereocenters. The molecule has 0 aromatic carbocycles. The van der Waals surface area contributed by atoms with Gasteiger partial charge in [-0.1, -0.05) is 24.6 Å². The lowest BCUT2D eigenvalue weighted by atomic mass is 10.0. The number of amides is 1. The minimum Gasteiger partial charge on any atom is -0.341 e. The molecule has 138 valence electrons. The second-order valence-corrected chi connectivity index (χ2v) is 7.69. The van der Waals surface area contributed by atoms with Gasteiger partial charge in [0.2, 0.25) is 5.91 Å². The number of nitrogens with zero attached hydrogens (tertiary/aromatic N) is 5. The summed E-state index contributed by atoms with van der Waals surface area (Å²) < 4.78 is 3.04. The maximum atomic E-state index is 13.0. The second kappa shape index (κ2) is 6.87. The van der Waals surface area contributed by atoms with Gasteiger partial charge >= 0.3 is 5.69 Å². The van der Waals surface area contributed by atoms with Crippen LogP contribution in [-0.2, 0) is 17.8 Å². The summed E-state index contributed by atoms with van der Waals surface area (Å²) in [5.41, 5.74) is 0.628. The van der Waals surface area contributed by atoms with Crippen molar-refractivity contribution in [3.63, 3.8) is 0 Å². The van der Waals surface area contributed by atoms with Crippen molar-refractivity contribution in [2.75, 3.05) is 13.1 Å². The summed E-state index contributed by atoms with van der Waals surface area (Å²) in [4.78, 5) is 31.8. The first-order valence-corrected chi connectivity index (χ1v) is 9.48. The molecule has 0 aliphatic carbocycles. The van der Waals surface area contributed by atoms with Crippen molar-refractivity contribution >= 4 is 17.5 Å². The molecule has 2 aromatic rings. The van der Waals surface area contributed by atoms with Crippen LogP contribution in [0.15, 0.2) is 23.1 Å². The Bertz CT molecular complexity index is 873. The van der Waals surface area contributed by atoms with Gasteiger partial charge in [-0.3, -0.25) is 9.36 Å². The molecule has 26 heavy (non-hydrogen) atoms. The number of carbonyl (C=O) groups is 1.